The van der Waals surface area contributed by atoms with Gasteiger partial charge in [-0.05, 0) is 25.0 Å². The van der Waals surface area contributed by atoms with E-state index in [4.69, 9.17) is 0 Å². The molecule has 0 aromatic heterocycles. The van der Waals surface area contributed by atoms with Crippen LogP contribution in [0.25, 0.3) is 0 Å². The van der Waals surface area contributed by atoms with Crippen molar-refractivity contribution >= 4 is 23.6 Å². The van der Waals surface area contributed by atoms with Crippen molar-refractivity contribution in [3.05, 3.63) is 71.8 Å². The molecule has 2 amide bonds. The molecule has 0 fully saturated rings. The van der Waals surface area contributed by atoms with Crippen LogP contribution in [0.4, 0.5) is 0 Å². The minimum atomic E-state index is -0.528. The predicted octanol–water partition coefficient (Wildman–Crippen LogP) is 3.15. The largest absolute Gasteiger partial charge is 0.355 e. The summed E-state index contributed by atoms with van der Waals surface area (Å²) in [5, 5.41) is 5.53. The average molecular weight is 356 g/mol. The van der Waals surface area contributed by atoms with E-state index in [9.17, 15) is 9.59 Å². The van der Waals surface area contributed by atoms with E-state index in [1.54, 1.807) is 18.7 Å². The van der Waals surface area contributed by atoms with Crippen molar-refractivity contribution in [2.75, 3.05) is 12.3 Å². The van der Waals surface area contributed by atoms with Crippen LogP contribution >= 0.6 is 11.8 Å². The van der Waals surface area contributed by atoms with Crippen molar-refractivity contribution in [2.45, 2.75) is 25.1 Å². The van der Waals surface area contributed by atoms with E-state index in [2.05, 4.69) is 34.9 Å². The maximum atomic E-state index is 12.2. The molecule has 0 radical (unpaired) electrons. The van der Waals surface area contributed by atoms with E-state index < -0.39 is 6.04 Å². The van der Waals surface area contributed by atoms with Crippen molar-refractivity contribution in [3.63, 3.8) is 0 Å². The summed E-state index contributed by atoms with van der Waals surface area (Å²) in [4.78, 5) is 23.9. The summed E-state index contributed by atoms with van der Waals surface area (Å²) in [5.41, 5.74) is 2.31. The number of nitrogens with one attached hydrogen (secondary N) is 2. The van der Waals surface area contributed by atoms with Gasteiger partial charge in [-0.25, -0.2) is 0 Å². The zero-order chi connectivity index (χ0) is 18.1. The number of carbonyl (C=O) groups is 2. The van der Waals surface area contributed by atoms with Gasteiger partial charge in [0.1, 0.15) is 6.04 Å². The predicted molar refractivity (Wildman–Crippen MR) is 103 cm³/mol. The third-order valence-corrected chi connectivity index (χ3v) is 5.01. The topological polar surface area (TPSA) is 58.2 Å². The van der Waals surface area contributed by atoms with E-state index in [1.165, 1.54) is 0 Å². The first kappa shape index (κ1) is 19.1. The van der Waals surface area contributed by atoms with Crippen molar-refractivity contribution < 1.29 is 9.59 Å². The highest BCUT2D eigenvalue weighted by molar-refractivity contribution is 8.00. The lowest BCUT2D eigenvalue weighted by molar-refractivity contribution is -0.127. The summed E-state index contributed by atoms with van der Waals surface area (Å²) in [5.74, 6) is -0.0118. The summed E-state index contributed by atoms with van der Waals surface area (Å²) in [7, 11) is 0. The minimum Gasteiger partial charge on any atom is -0.355 e. The zero-order valence-corrected chi connectivity index (χ0v) is 15.4. The first-order valence-electron chi connectivity index (χ1n) is 8.40. The molecule has 132 valence electrons. The highest BCUT2D eigenvalue weighted by Gasteiger charge is 2.18. The molecule has 0 bridgehead atoms. The molecule has 0 aliphatic rings. The quantitative estimate of drug-likeness (QED) is 0.764. The smallest absolute Gasteiger partial charge is 0.242 e. The molecule has 5 heteroatoms. The van der Waals surface area contributed by atoms with Gasteiger partial charge in [0.15, 0.2) is 0 Å². The molecule has 0 saturated carbocycles. The fourth-order valence-corrected chi connectivity index (χ4v) is 3.58. The summed E-state index contributed by atoms with van der Waals surface area (Å²) >= 11 is 1.56. The van der Waals surface area contributed by atoms with Gasteiger partial charge in [-0.2, -0.15) is 0 Å². The van der Waals surface area contributed by atoms with E-state index in [0.29, 0.717) is 6.54 Å². The second kappa shape index (κ2) is 9.89. The lowest BCUT2D eigenvalue weighted by Crippen LogP contribution is -2.45. The van der Waals surface area contributed by atoms with Gasteiger partial charge in [-0.3, -0.25) is 9.59 Å². The van der Waals surface area contributed by atoms with E-state index in [-0.39, 0.29) is 22.8 Å². The third-order valence-electron chi connectivity index (χ3n) is 3.71. The van der Waals surface area contributed by atoms with E-state index >= 15 is 0 Å². The van der Waals surface area contributed by atoms with Gasteiger partial charge in [0.2, 0.25) is 11.8 Å². The number of likely N-dealkylation sites (N-methyl/N-ethyl adjacent to an activating group) is 1. The molecule has 2 aromatic rings. The van der Waals surface area contributed by atoms with Gasteiger partial charge in [0, 0.05) is 6.54 Å². The van der Waals surface area contributed by atoms with Crippen molar-refractivity contribution in [1.29, 1.82) is 0 Å². The Morgan fingerprint density at radius 3 is 1.96 bits per heavy atom. The van der Waals surface area contributed by atoms with E-state index in [0.717, 1.165) is 11.1 Å². The molecular weight excluding hydrogens is 332 g/mol. The molecule has 0 aliphatic carbocycles. The summed E-state index contributed by atoms with van der Waals surface area (Å²) in [6, 6.07) is 19.7. The molecule has 0 saturated heterocycles. The number of hydrogen-bond acceptors (Lipinski definition) is 3. The van der Waals surface area contributed by atoms with E-state index in [1.807, 2.05) is 43.3 Å². The molecule has 0 heterocycles. The Morgan fingerprint density at radius 1 is 0.960 bits per heavy atom. The molecule has 25 heavy (non-hydrogen) atoms. The number of amides is 2. The molecule has 4 nitrogen and oxygen atoms in total. The lowest BCUT2D eigenvalue weighted by Gasteiger charge is -2.18. The number of thioether (sulfide) groups is 1. The molecule has 0 aliphatic heterocycles. The van der Waals surface area contributed by atoms with Crippen LogP contribution in [0.2, 0.25) is 0 Å². The second-order valence-corrected chi connectivity index (χ2v) is 6.79. The number of hydrogen-bond donors (Lipinski definition) is 2. The third kappa shape index (κ3) is 5.94. The molecule has 2 aromatic carbocycles. The second-order valence-electron chi connectivity index (χ2n) is 5.70. The van der Waals surface area contributed by atoms with Crippen LogP contribution in [0.3, 0.4) is 0 Å². The van der Waals surface area contributed by atoms with Crippen LogP contribution in [0.1, 0.15) is 30.2 Å². The average Bonchev–Trinajstić information content (AvgIpc) is 2.64. The van der Waals surface area contributed by atoms with Gasteiger partial charge in [-0.1, -0.05) is 60.7 Å². The Morgan fingerprint density at radius 2 is 1.48 bits per heavy atom. The molecule has 2 N–H and O–H groups in total. The highest BCUT2D eigenvalue weighted by atomic mass is 32.2. The van der Waals surface area contributed by atoms with Crippen molar-refractivity contribution in [2.24, 2.45) is 0 Å². The number of benzene rings is 2. The molecule has 2 rings (SSSR count). The van der Waals surface area contributed by atoms with Gasteiger partial charge in [0.05, 0.1) is 11.0 Å². The number of carbonyl (C=O) groups excluding carboxylic acids is 2. The van der Waals surface area contributed by atoms with Gasteiger partial charge < -0.3 is 10.6 Å². The highest BCUT2D eigenvalue weighted by Crippen LogP contribution is 2.35. The molecule has 0 spiro atoms. The van der Waals surface area contributed by atoms with Crippen molar-refractivity contribution in [3.8, 4) is 0 Å². The Balaban J connectivity index is 2.01. The Kier molecular flexibility index (Phi) is 7.54. The van der Waals surface area contributed by atoms with Crippen LogP contribution in [0.15, 0.2) is 60.7 Å². The van der Waals surface area contributed by atoms with Gasteiger partial charge >= 0.3 is 0 Å². The number of rotatable bonds is 8. The van der Waals surface area contributed by atoms with Crippen LogP contribution in [0, 0.1) is 0 Å². The Bertz CT molecular complexity index is 637. The van der Waals surface area contributed by atoms with Gasteiger partial charge in [0.25, 0.3) is 0 Å². The van der Waals surface area contributed by atoms with Gasteiger partial charge in [-0.15, -0.1) is 11.8 Å². The molecule has 1 atom stereocenters. The fourth-order valence-electron chi connectivity index (χ4n) is 2.48. The normalized spacial score (nSPS) is 11.8. The van der Waals surface area contributed by atoms with Crippen LogP contribution in [-0.4, -0.2) is 30.2 Å². The monoisotopic (exact) mass is 356 g/mol. The standard InChI is InChI=1S/C20H24N2O2S/c1-3-21-20(24)15(2)22-18(23)14-25-19(16-10-6-4-7-11-16)17-12-8-5-9-13-17/h4-13,15,19H,3,14H2,1-2H3,(H,21,24)(H,22,23)/t15-/m0/s1. The van der Waals surface area contributed by atoms with Crippen LogP contribution in [-0.2, 0) is 9.59 Å². The summed E-state index contributed by atoms with van der Waals surface area (Å²) in [6.07, 6.45) is 0. The summed E-state index contributed by atoms with van der Waals surface area (Å²) < 4.78 is 0. The van der Waals surface area contributed by atoms with Crippen LogP contribution < -0.4 is 10.6 Å². The lowest BCUT2D eigenvalue weighted by atomic mass is 10.0. The van der Waals surface area contributed by atoms with Crippen molar-refractivity contribution in [1.82, 2.24) is 10.6 Å². The minimum absolute atomic E-state index is 0.0768. The molecule has 0 unspecified atom stereocenters. The molecular formula is C20H24N2O2S. The fraction of sp³-hybridized carbons (Fsp3) is 0.300. The maximum absolute atomic E-state index is 12.2. The Hall–Kier alpha value is -2.27. The maximum Gasteiger partial charge on any atom is 0.242 e. The first-order valence-corrected chi connectivity index (χ1v) is 9.45. The zero-order valence-electron chi connectivity index (χ0n) is 14.6. The summed E-state index contributed by atoms with van der Waals surface area (Å²) in [6.45, 7) is 4.10. The Labute approximate surface area is 153 Å². The van der Waals surface area contributed by atoms with Crippen LogP contribution in [0.5, 0.6) is 0 Å². The first-order chi connectivity index (χ1) is 12.1. The SMILES string of the molecule is CCNC(=O)[C@H](C)NC(=O)CSC(c1ccccc1)c1ccccc1.